The lowest BCUT2D eigenvalue weighted by Gasteiger charge is -2.46. The molecule has 9 heterocycles. The van der Waals surface area contributed by atoms with Crippen LogP contribution in [0.4, 0.5) is 0 Å². The third-order valence-electron chi connectivity index (χ3n) is 22.1. The number of phenolic OH excluding ortho intramolecular Hbond substituents is 3. The van der Waals surface area contributed by atoms with E-state index in [1.54, 1.807) is 32.0 Å². The molecule has 3 fully saturated rings. The van der Waals surface area contributed by atoms with Gasteiger partial charge in [0.25, 0.3) is 0 Å². The number of primary amides is 1. The van der Waals surface area contributed by atoms with Crippen molar-refractivity contribution < 1.29 is 138 Å². The van der Waals surface area contributed by atoms with Gasteiger partial charge in [-0.25, -0.2) is 4.79 Å². The van der Waals surface area contributed by atoms with Crippen molar-refractivity contribution >= 4 is 105 Å². The predicted molar refractivity (Wildman–Crippen MR) is 453 cm³/mol. The molecule has 7 aromatic rings. The number of carbonyl (C=O) groups is 8. The Balaban J connectivity index is 0.0000146. The Morgan fingerprint density at radius 3 is 1.91 bits per heavy atom. The van der Waals surface area contributed by atoms with Gasteiger partial charge in [-0.1, -0.05) is 85.9 Å². The fourth-order valence-electron chi connectivity index (χ4n) is 15.7. The third kappa shape index (κ3) is 21.2. The molecule has 38 nitrogen and oxygen atoms in total. The minimum absolute atomic E-state index is 0. The van der Waals surface area contributed by atoms with Gasteiger partial charge in [-0.15, -0.1) is 11.3 Å². The van der Waals surface area contributed by atoms with Gasteiger partial charge in [-0.2, -0.15) is 0 Å². The van der Waals surface area contributed by atoms with Crippen LogP contribution in [-0.2, 0) is 68.6 Å². The van der Waals surface area contributed by atoms with Gasteiger partial charge in [0.1, 0.15) is 120 Å². The number of rotatable bonds is 20. The van der Waals surface area contributed by atoms with E-state index in [9.17, 15) is 75.7 Å². The monoisotopic (exact) mass is 1860 g/mol. The standard InChI is InChI=1S/C83H92Cl4N10O28S.CH4/c1-30(2)14-45(90-5)74(110)96-62-64(103)33-7-11-49(43(86)18-33)119-51-20-36-21-52(71(51)124-82-69(108)67(106)72(54(29-98)122-82)125-81-68(107)66(105)65(104)53(121-81)28-91-27-40-9-13-55(126-40)35-15-37(84)22-38(85)16-35)120-50-12-8-34(19-44(50)87)70(123-57-26-83(4,89)73(109)31(3)118-57)63-79(115)95-61(80(116)117)42-23-39(99)24-48(101)58(42)41-17-32(6-10-47(41)100)59(76(112)97-63)94-77(113)60(36)93-75(111)46(25-56(88)102)92-78(62)114;/h6-13,15-24,30-31,45-46,53-54,57,59-70,72-73,81-82,90-91,98-101,103-109H,14,25-29,89H2,1-5H3,(H2,88,102)(H,92,114)(H,93,111)(H,94,113)(H,95,115)(H,96,110)(H,97,112)(H,116,117);1H4/t31-,45+,46+,53+,54+,57?,59-,60+,61-,62?,63-,64+,65-,66-,67+,68+,69+,70+,72+,73-,81-,82-,83-;/m0./s1. The number of aliphatic hydroxyl groups is 8. The normalized spacial score (nSPS) is 29.4. The Bertz CT molecular complexity index is 5290. The first-order chi connectivity index (χ1) is 59.7. The van der Waals surface area contributed by atoms with E-state index < -0.39 is 284 Å². The number of phenols is 3. The van der Waals surface area contributed by atoms with E-state index in [4.69, 9.17) is 95.8 Å². The molecule has 8 aliphatic rings. The summed E-state index contributed by atoms with van der Waals surface area (Å²) < 4.78 is 51.2. The number of likely N-dealkylation sites (N-methyl/N-ethyl adjacent to an activating group) is 1. The van der Waals surface area contributed by atoms with Crippen LogP contribution < -0.4 is 68.2 Å². The Morgan fingerprint density at radius 1 is 0.654 bits per heavy atom. The molecule has 11 bridgehead atoms. The summed E-state index contributed by atoms with van der Waals surface area (Å²) in [5, 5.41) is 160. The van der Waals surface area contributed by atoms with E-state index in [0.717, 1.165) is 82.0 Å². The van der Waals surface area contributed by atoms with Crippen molar-refractivity contribution in [1.82, 2.24) is 42.5 Å². The molecule has 43 heteroatoms. The maximum Gasteiger partial charge on any atom is 0.330 e. The van der Waals surface area contributed by atoms with Crippen LogP contribution in [-0.4, -0.2) is 238 Å². The average molecular weight is 1870 g/mol. The third-order valence-corrected chi connectivity index (χ3v) is 24.3. The fourth-order valence-corrected chi connectivity index (χ4v) is 17.6. The number of ether oxygens (including phenoxy) is 8. The Hall–Kier alpha value is -9.90. The first-order valence-corrected chi connectivity index (χ1v) is 41.9. The summed E-state index contributed by atoms with van der Waals surface area (Å²) in [6.07, 6.45) is -29.2. The highest BCUT2D eigenvalue weighted by Gasteiger charge is 2.53. The highest BCUT2D eigenvalue weighted by molar-refractivity contribution is 7.15. The van der Waals surface area contributed by atoms with Gasteiger partial charge < -0.3 is 153 Å². The van der Waals surface area contributed by atoms with Crippen LogP contribution in [0.2, 0.25) is 20.1 Å². The molecule has 0 saturated carbocycles. The summed E-state index contributed by atoms with van der Waals surface area (Å²) in [7, 11) is 1.46. The van der Waals surface area contributed by atoms with Crippen molar-refractivity contribution in [3.05, 3.63) is 162 Å². The lowest BCUT2D eigenvalue weighted by atomic mass is 9.86. The number of fused-ring (bicyclic) bond motifs is 15. The Kier molecular flexibility index (Phi) is 30.3. The van der Waals surface area contributed by atoms with Crippen LogP contribution in [0.3, 0.4) is 0 Å². The number of aliphatic carboxylic acids is 1. The van der Waals surface area contributed by atoms with Gasteiger partial charge in [0.15, 0.2) is 30.1 Å². The van der Waals surface area contributed by atoms with E-state index in [1.165, 1.54) is 44.4 Å². The second-order valence-electron chi connectivity index (χ2n) is 31.9. The summed E-state index contributed by atoms with van der Waals surface area (Å²) in [6.45, 7) is 5.41. The van der Waals surface area contributed by atoms with Crippen LogP contribution in [0.1, 0.15) is 117 Å². The number of aromatic hydroxyl groups is 3. The fraction of sp³-hybridized carbons (Fsp3) is 0.429. The second kappa shape index (κ2) is 40.0. The molecule has 0 spiro atoms. The number of nitrogens with two attached hydrogens (primary N) is 2. The molecule has 684 valence electrons. The maximum atomic E-state index is 16.4. The second-order valence-corrected chi connectivity index (χ2v) is 34.8. The number of amides is 7. The Morgan fingerprint density at radius 2 is 1.28 bits per heavy atom. The molecule has 3 saturated heterocycles. The molecule has 7 amide bonds. The van der Waals surface area contributed by atoms with Crippen molar-refractivity contribution in [3.63, 3.8) is 0 Å². The summed E-state index contributed by atoms with van der Waals surface area (Å²) in [5.74, 6) is -16.7. The molecule has 0 aliphatic carbocycles. The molecule has 1 aromatic heterocycles. The number of halogens is 4. The minimum atomic E-state index is -2.43. The minimum Gasteiger partial charge on any atom is -0.508 e. The predicted octanol–water partition coefficient (Wildman–Crippen LogP) is 3.40. The number of carbonyl (C=O) groups excluding carboxylic acids is 7. The van der Waals surface area contributed by atoms with Crippen LogP contribution in [0, 0.1) is 5.92 Å². The molecule has 6 aromatic carbocycles. The van der Waals surface area contributed by atoms with Gasteiger partial charge in [0.05, 0.1) is 41.3 Å². The molecule has 0 radical (unpaired) electrons. The molecular weight excluding hydrogens is 1770 g/mol. The number of nitrogens with one attached hydrogen (secondary N) is 8. The van der Waals surface area contributed by atoms with E-state index >= 15 is 24.0 Å². The SMILES string of the molecule is C.CN[C@H](CC(C)C)C(=O)NC1C(=O)N[C@H](CC(N)=O)C(=O)N[C@H]2C(=O)N[C@@H]3C(=O)N[C@H](C(=O)N[C@H](C(=O)O)c4cc(O)cc(O)c4-c4cc3ccc4O)[C@H](OC3C[C@](C)(N)[C@@H](O)[C@H](C)O3)c3ccc(c(Cl)c3)Oc3cc2cc(c3O[C@@H]2O[C@H](CO)[C@@H](O[C@@H]3O[C@H](CNCc4ccc(-c5cc(Cl)cc(Cl)c5)s4)[C@H](O)[C@H](O)[C@H]3O)[C@H](O)[C@H]2O)Oc2ccc(cc2Cl)[C@H]1O. The van der Waals surface area contributed by atoms with Crippen LogP contribution in [0.5, 0.6) is 46.0 Å². The zero-order chi connectivity index (χ0) is 91.1. The lowest BCUT2D eigenvalue weighted by molar-refractivity contribution is -0.350. The molecule has 23 atom stereocenters. The van der Waals surface area contributed by atoms with Crippen LogP contribution in [0.25, 0.3) is 21.6 Å². The maximum absolute atomic E-state index is 16.4. The zero-order valence-electron chi connectivity index (χ0n) is 67.4. The van der Waals surface area contributed by atoms with Crippen LogP contribution >= 0.6 is 57.7 Å². The highest BCUT2D eigenvalue weighted by Crippen LogP contribution is 2.51. The Labute approximate surface area is 748 Å². The molecule has 2 unspecified atom stereocenters. The van der Waals surface area contributed by atoms with E-state index in [1.807, 2.05) is 12.1 Å². The number of thiophene rings is 1. The van der Waals surface area contributed by atoms with E-state index in [0.29, 0.717) is 10.0 Å². The number of hydrogen-bond acceptors (Lipinski definition) is 31. The van der Waals surface area contributed by atoms with Crippen molar-refractivity contribution in [2.45, 2.75) is 201 Å². The number of hydrogen-bond donors (Lipinski definition) is 22. The summed E-state index contributed by atoms with van der Waals surface area (Å²) in [5.41, 5.74) is 8.73. The smallest absolute Gasteiger partial charge is 0.330 e. The van der Waals surface area contributed by atoms with Crippen molar-refractivity contribution in [3.8, 4) is 67.6 Å². The van der Waals surface area contributed by atoms with Crippen LogP contribution in [0.15, 0.2) is 109 Å². The first-order valence-electron chi connectivity index (χ1n) is 39.6. The van der Waals surface area contributed by atoms with E-state index in [-0.39, 0.29) is 50.4 Å². The average Bonchev–Trinajstić information content (AvgIpc) is 0.967. The van der Waals surface area contributed by atoms with Gasteiger partial charge in [-0.3, -0.25) is 33.6 Å². The van der Waals surface area contributed by atoms with Gasteiger partial charge in [-0.05, 0) is 146 Å². The van der Waals surface area contributed by atoms with Gasteiger partial charge >= 0.3 is 5.97 Å². The molecular formula is C84H96Cl4N10O28S. The largest absolute Gasteiger partial charge is 0.508 e. The molecule has 127 heavy (non-hydrogen) atoms. The molecule has 8 aliphatic heterocycles. The first kappa shape index (κ1) is 96.2. The summed E-state index contributed by atoms with van der Waals surface area (Å²) in [6, 6.07) is 7.69. The summed E-state index contributed by atoms with van der Waals surface area (Å²) in [4.78, 5) is 122. The van der Waals surface area contributed by atoms with E-state index in [2.05, 4.69) is 42.5 Å². The zero-order valence-corrected chi connectivity index (χ0v) is 71.2. The number of carboxylic acids is 1. The summed E-state index contributed by atoms with van der Waals surface area (Å²) >= 11 is 28.4. The molecule has 15 rings (SSSR count). The van der Waals surface area contributed by atoms with Crippen molar-refractivity contribution in [2.24, 2.45) is 17.4 Å². The number of benzene rings is 6. The van der Waals surface area contributed by atoms with Crippen molar-refractivity contribution in [1.29, 1.82) is 0 Å². The van der Waals surface area contributed by atoms with Gasteiger partial charge in [0.2, 0.25) is 53.4 Å². The number of aliphatic hydroxyl groups excluding tert-OH is 8. The quantitative estimate of drug-likeness (QED) is 0.0520. The lowest BCUT2D eigenvalue weighted by Crippen LogP contribution is -2.65. The highest BCUT2D eigenvalue weighted by atomic mass is 35.5. The molecule has 24 N–H and O–H groups in total. The number of carboxylic acid groups (broad SMARTS) is 1. The van der Waals surface area contributed by atoms with Crippen molar-refractivity contribution in [2.75, 3.05) is 20.2 Å². The topological polar surface area (TPSA) is 601 Å². The van der Waals surface area contributed by atoms with Gasteiger partial charge in [0, 0.05) is 67.6 Å².